The monoisotopic (exact) mass is 267 g/mol. The Bertz CT molecular complexity index is 255. The molecule has 1 N–H and O–H groups in total. The lowest BCUT2D eigenvalue weighted by Crippen LogP contribution is -2.32. The zero-order valence-corrected chi connectivity index (χ0v) is 13.0. The highest BCUT2D eigenvalue weighted by molar-refractivity contribution is 5.77. The second-order valence-corrected chi connectivity index (χ2v) is 5.02. The maximum atomic E-state index is 11.6. The van der Waals surface area contributed by atoms with Gasteiger partial charge < -0.3 is 10.0 Å². The van der Waals surface area contributed by atoms with E-state index in [1.165, 1.54) is 0 Å². The molecule has 0 spiro atoms. The van der Waals surface area contributed by atoms with Gasteiger partial charge in [0.2, 0.25) is 5.91 Å². The van der Waals surface area contributed by atoms with Crippen molar-refractivity contribution >= 4 is 5.91 Å². The molecule has 1 aliphatic rings. The number of likely N-dealkylation sites (tertiary alicyclic amines) is 1. The van der Waals surface area contributed by atoms with Crippen molar-refractivity contribution in [2.24, 2.45) is 5.41 Å². The number of aliphatic hydroxyl groups excluding tert-OH is 1. The van der Waals surface area contributed by atoms with Crippen molar-refractivity contribution in [2.45, 2.75) is 53.6 Å². The van der Waals surface area contributed by atoms with Crippen LogP contribution in [-0.4, -0.2) is 35.1 Å². The van der Waals surface area contributed by atoms with Gasteiger partial charge in [-0.05, 0) is 11.8 Å². The molecule has 1 saturated heterocycles. The quantitative estimate of drug-likeness (QED) is 0.742. The summed E-state index contributed by atoms with van der Waals surface area (Å²) in [4.78, 5) is 13.4. The molecule has 1 fully saturated rings. The molecule has 0 aliphatic carbocycles. The molecule has 0 aromatic heterocycles. The lowest BCUT2D eigenvalue weighted by Gasteiger charge is -2.22. The summed E-state index contributed by atoms with van der Waals surface area (Å²) in [7, 11) is 0. The molecule has 19 heavy (non-hydrogen) atoms. The normalized spacial score (nSPS) is 16.7. The Morgan fingerprint density at radius 2 is 1.63 bits per heavy atom. The fourth-order valence-corrected chi connectivity index (χ4v) is 1.53. The number of amides is 1. The van der Waals surface area contributed by atoms with Crippen molar-refractivity contribution in [3.63, 3.8) is 0 Å². The Balaban J connectivity index is -0.000000375. The van der Waals surface area contributed by atoms with Gasteiger partial charge in [-0.25, -0.2) is 0 Å². The molecule has 1 amide bonds. The molecule has 0 saturated carbocycles. The minimum Gasteiger partial charge on any atom is -0.391 e. The van der Waals surface area contributed by atoms with Crippen molar-refractivity contribution in [1.29, 1.82) is 0 Å². The number of terminal acetylenes is 2. The number of carbonyl (C=O) groups is 1. The molecule has 1 atom stereocenters. The van der Waals surface area contributed by atoms with E-state index >= 15 is 0 Å². The molecular formula is C16H29NO2. The summed E-state index contributed by atoms with van der Waals surface area (Å²) in [6, 6.07) is 0. The highest BCUT2D eigenvalue weighted by Crippen LogP contribution is 2.21. The first kappa shape index (κ1) is 22.7. The number of rotatable bonds is 1. The van der Waals surface area contributed by atoms with Crippen LogP contribution in [0.25, 0.3) is 0 Å². The van der Waals surface area contributed by atoms with Crippen LogP contribution in [0.2, 0.25) is 0 Å². The molecule has 0 unspecified atom stereocenters. The van der Waals surface area contributed by atoms with E-state index in [1.807, 2.05) is 13.8 Å². The fraction of sp³-hybridized carbons (Fsp3) is 0.688. The van der Waals surface area contributed by atoms with E-state index in [4.69, 9.17) is 0 Å². The van der Waals surface area contributed by atoms with E-state index in [1.54, 1.807) is 4.90 Å². The molecule has 110 valence electrons. The van der Waals surface area contributed by atoms with E-state index in [0.717, 1.165) is 13.0 Å². The van der Waals surface area contributed by atoms with Crippen LogP contribution in [0.15, 0.2) is 0 Å². The van der Waals surface area contributed by atoms with Gasteiger partial charge in [-0.15, -0.1) is 25.7 Å². The summed E-state index contributed by atoms with van der Waals surface area (Å²) in [5, 5.41) is 9.25. The first-order chi connectivity index (χ1) is 8.88. The van der Waals surface area contributed by atoms with Gasteiger partial charge >= 0.3 is 0 Å². The average molecular weight is 267 g/mol. The van der Waals surface area contributed by atoms with E-state index in [9.17, 15) is 9.90 Å². The van der Waals surface area contributed by atoms with Crippen LogP contribution >= 0.6 is 0 Å². The smallest absolute Gasteiger partial charge is 0.223 e. The van der Waals surface area contributed by atoms with Crippen LogP contribution in [0.5, 0.6) is 0 Å². The van der Waals surface area contributed by atoms with Crippen LogP contribution in [0, 0.1) is 31.1 Å². The van der Waals surface area contributed by atoms with Gasteiger partial charge in [-0.3, -0.25) is 4.79 Å². The topological polar surface area (TPSA) is 40.5 Å². The zero-order chi connectivity index (χ0) is 16.1. The number of carbonyl (C=O) groups excluding carboxylic acids is 1. The minimum atomic E-state index is -0.302. The first-order valence-electron chi connectivity index (χ1n) is 6.51. The molecule has 3 nitrogen and oxygen atoms in total. The third-order valence-corrected chi connectivity index (χ3v) is 2.20. The van der Waals surface area contributed by atoms with Gasteiger partial charge in [-0.1, -0.05) is 34.6 Å². The standard InChI is InChI=1S/C10H19NO2.C2H6.2C2H2/c1-10(2,3)6-9(13)11-5-4-8(12)7-11;3*1-2/h8,12H,4-7H2,1-3H3;1-2H3;2*1-2H/t8-;;;/m1.../s1. The molecule has 0 radical (unpaired) electrons. The van der Waals surface area contributed by atoms with Crippen molar-refractivity contribution in [3.8, 4) is 25.7 Å². The maximum absolute atomic E-state index is 11.6. The number of hydrogen-bond donors (Lipinski definition) is 1. The van der Waals surface area contributed by atoms with Crippen LogP contribution < -0.4 is 0 Å². The molecule has 0 bridgehead atoms. The van der Waals surface area contributed by atoms with Crippen LogP contribution in [0.4, 0.5) is 0 Å². The van der Waals surface area contributed by atoms with Gasteiger partial charge in [0.25, 0.3) is 0 Å². The Hall–Kier alpha value is -1.45. The van der Waals surface area contributed by atoms with Crippen LogP contribution in [-0.2, 0) is 4.79 Å². The summed E-state index contributed by atoms with van der Waals surface area (Å²) >= 11 is 0. The Kier molecular flexibility index (Phi) is 15.5. The SMILES string of the molecule is C#C.C#C.CC.CC(C)(C)CC(=O)N1CC[C@@H](O)C1. The highest BCUT2D eigenvalue weighted by atomic mass is 16.3. The van der Waals surface area contributed by atoms with Gasteiger partial charge in [0.1, 0.15) is 0 Å². The third-order valence-electron chi connectivity index (χ3n) is 2.20. The molecule has 1 heterocycles. The molecule has 0 aromatic carbocycles. The van der Waals surface area contributed by atoms with Crippen LogP contribution in [0.3, 0.4) is 0 Å². The molecule has 1 aliphatic heterocycles. The van der Waals surface area contributed by atoms with Crippen molar-refractivity contribution in [2.75, 3.05) is 13.1 Å². The number of hydrogen-bond acceptors (Lipinski definition) is 2. The Morgan fingerprint density at radius 3 is 1.89 bits per heavy atom. The highest BCUT2D eigenvalue weighted by Gasteiger charge is 2.27. The number of nitrogens with zero attached hydrogens (tertiary/aromatic N) is 1. The van der Waals surface area contributed by atoms with E-state index in [2.05, 4.69) is 46.5 Å². The number of β-amino-alcohol motifs (C(OH)–C–C–N with tert-alkyl or cyclic N) is 1. The summed E-state index contributed by atoms with van der Waals surface area (Å²) in [6.45, 7) is 11.4. The Morgan fingerprint density at radius 1 is 1.21 bits per heavy atom. The van der Waals surface area contributed by atoms with Crippen molar-refractivity contribution in [3.05, 3.63) is 0 Å². The van der Waals surface area contributed by atoms with E-state index < -0.39 is 0 Å². The van der Waals surface area contributed by atoms with E-state index in [0.29, 0.717) is 13.0 Å². The van der Waals surface area contributed by atoms with Crippen molar-refractivity contribution in [1.82, 2.24) is 4.90 Å². The molecule has 3 heteroatoms. The molecular weight excluding hydrogens is 238 g/mol. The summed E-state index contributed by atoms with van der Waals surface area (Å²) in [5.41, 5.74) is 0.0463. The fourth-order valence-electron chi connectivity index (χ4n) is 1.53. The molecule has 1 rings (SSSR count). The summed E-state index contributed by atoms with van der Waals surface area (Å²) in [6.07, 6.45) is 17.0. The predicted molar refractivity (Wildman–Crippen MR) is 82.4 cm³/mol. The van der Waals surface area contributed by atoms with Gasteiger partial charge in [-0.2, -0.15) is 0 Å². The van der Waals surface area contributed by atoms with Gasteiger partial charge in [0.05, 0.1) is 6.10 Å². The molecule has 0 aromatic rings. The van der Waals surface area contributed by atoms with Crippen LogP contribution in [0.1, 0.15) is 47.5 Å². The van der Waals surface area contributed by atoms with Gasteiger partial charge in [0, 0.05) is 19.5 Å². The summed E-state index contributed by atoms with van der Waals surface area (Å²) < 4.78 is 0. The van der Waals surface area contributed by atoms with E-state index in [-0.39, 0.29) is 17.4 Å². The Labute approximate surface area is 119 Å². The second-order valence-electron chi connectivity index (χ2n) is 5.02. The van der Waals surface area contributed by atoms with Crippen molar-refractivity contribution < 1.29 is 9.90 Å². The third kappa shape index (κ3) is 12.8. The lowest BCUT2D eigenvalue weighted by atomic mass is 9.92. The largest absolute Gasteiger partial charge is 0.391 e. The minimum absolute atomic E-state index is 0.0463. The lowest BCUT2D eigenvalue weighted by molar-refractivity contribution is -0.132. The maximum Gasteiger partial charge on any atom is 0.223 e. The first-order valence-corrected chi connectivity index (χ1v) is 6.51. The summed E-state index contributed by atoms with van der Waals surface area (Å²) in [5.74, 6) is 0.170. The zero-order valence-electron chi connectivity index (χ0n) is 13.0. The average Bonchev–Trinajstić information content (AvgIpc) is 2.82. The second kappa shape index (κ2) is 13.0. The number of aliphatic hydroxyl groups is 1. The predicted octanol–water partition coefficient (Wildman–Crippen LogP) is 2.54. The van der Waals surface area contributed by atoms with Gasteiger partial charge in [0.15, 0.2) is 0 Å².